The number of rotatable bonds is 2. The maximum Gasteiger partial charge on any atom is 0.312 e. The lowest BCUT2D eigenvalue weighted by molar-refractivity contribution is -0.243. The van der Waals surface area contributed by atoms with Gasteiger partial charge in [0.1, 0.15) is 0 Å². The van der Waals surface area contributed by atoms with Crippen LogP contribution in [0.4, 0.5) is 0 Å². The van der Waals surface area contributed by atoms with Crippen molar-refractivity contribution < 1.29 is 35.1 Å². The summed E-state index contributed by atoms with van der Waals surface area (Å²) in [5.74, 6) is -2.57. The molecule has 4 fully saturated rings. The highest BCUT2D eigenvalue weighted by Gasteiger charge is 2.73. The minimum atomic E-state index is -1.44. The van der Waals surface area contributed by atoms with E-state index in [9.17, 15) is 35.1 Å². The number of fused-ring (bicyclic) bond motifs is 7. The van der Waals surface area contributed by atoms with Crippen molar-refractivity contribution in [3.8, 4) is 0 Å². The minimum absolute atomic E-state index is 0.0155. The Bertz CT molecular complexity index is 1050. The molecule has 0 saturated heterocycles. The molecule has 0 amide bonds. The van der Waals surface area contributed by atoms with Crippen LogP contribution in [0.25, 0.3) is 0 Å². The lowest BCUT2D eigenvalue weighted by Gasteiger charge is -2.71. The summed E-state index contributed by atoms with van der Waals surface area (Å²) in [6, 6.07) is 0. The molecule has 0 heterocycles. The number of carboxylic acids is 2. The number of aliphatic hydroxyl groups is 3. The van der Waals surface area contributed by atoms with Gasteiger partial charge in [-0.2, -0.15) is 0 Å². The first kappa shape index (κ1) is 27.1. The van der Waals surface area contributed by atoms with Crippen LogP contribution in [-0.4, -0.2) is 55.3 Å². The largest absolute Gasteiger partial charge is 0.481 e. The van der Waals surface area contributed by atoms with Crippen molar-refractivity contribution in [2.45, 2.75) is 111 Å². The predicted octanol–water partition coefficient (Wildman–Crippen LogP) is 4.24. The first-order valence-electron chi connectivity index (χ1n) is 14.2. The molecule has 0 aromatic heterocycles. The Balaban J connectivity index is 1.66. The maximum atomic E-state index is 12.8. The molecule has 0 aliphatic heterocycles. The summed E-state index contributed by atoms with van der Waals surface area (Å²) in [6.07, 6.45) is 4.64. The van der Waals surface area contributed by atoms with E-state index in [2.05, 4.69) is 26.8 Å². The Kier molecular flexibility index (Phi) is 5.73. The van der Waals surface area contributed by atoms with Crippen molar-refractivity contribution in [2.24, 2.45) is 50.7 Å². The smallest absolute Gasteiger partial charge is 0.312 e. The molecule has 37 heavy (non-hydrogen) atoms. The van der Waals surface area contributed by atoms with Gasteiger partial charge in [0.15, 0.2) is 0 Å². The lowest BCUT2D eigenvalue weighted by atomic mass is 9.33. The van der Waals surface area contributed by atoms with Crippen LogP contribution in [0.1, 0.15) is 92.9 Å². The number of allylic oxidation sites excluding steroid dienone is 1. The average molecular weight is 519 g/mol. The predicted molar refractivity (Wildman–Crippen MR) is 137 cm³/mol. The van der Waals surface area contributed by atoms with Gasteiger partial charge in [0.05, 0.1) is 28.6 Å². The quantitative estimate of drug-likeness (QED) is 0.345. The van der Waals surface area contributed by atoms with E-state index in [0.717, 1.165) is 12.0 Å². The maximum absolute atomic E-state index is 12.8. The number of carboxylic acid groups (broad SMARTS) is 2. The minimum Gasteiger partial charge on any atom is -0.481 e. The Morgan fingerprint density at radius 3 is 2.14 bits per heavy atom. The van der Waals surface area contributed by atoms with Gasteiger partial charge in [-0.1, -0.05) is 39.3 Å². The fourth-order valence-corrected chi connectivity index (χ4v) is 10.9. The van der Waals surface area contributed by atoms with E-state index in [-0.39, 0.29) is 28.6 Å². The molecule has 7 nitrogen and oxygen atoms in total. The zero-order valence-corrected chi connectivity index (χ0v) is 23.3. The van der Waals surface area contributed by atoms with Gasteiger partial charge in [-0.25, -0.2) is 0 Å². The molecule has 12 atom stereocenters. The van der Waals surface area contributed by atoms with E-state index in [1.165, 1.54) is 0 Å². The summed E-state index contributed by atoms with van der Waals surface area (Å²) in [6.45, 7) is 12.1. The van der Waals surface area contributed by atoms with Gasteiger partial charge in [0, 0.05) is 5.92 Å². The molecule has 208 valence electrons. The summed E-state index contributed by atoms with van der Waals surface area (Å²) in [5, 5.41) is 54.5. The highest BCUT2D eigenvalue weighted by Crippen LogP contribution is 2.76. The van der Waals surface area contributed by atoms with Gasteiger partial charge in [-0.3, -0.25) is 9.59 Å². The van der Waals surface area contributed by atoms with E-state index in [1.807, 2.05) is 13.8 Å². The fraction of sp³-hybridized carbons (Fsp3) is 0.867. The third-order valence-electron chi connectivity index (χ3n) is 13.6. The second-order valence-electron chi connectivity index (χ2n) is 14.7. The zero-order chi connectivity index (χ0) is 27.6. The molecule has 0 aromatic rings. The van der Waals surface area contributed by atoms with Crippen LogP contribution in [0.15, 0.2) is 11.6 Å². The van der Waals surface area contributed by atoms with Crippen molar-refractivity contribution in [3.63, 3.8) is 0 Å². The normalized spacial score (nSPS) is 57.2. The van der Waals surface area contributed by atoms with Gasteiger partial charge in [0.25, 0.3) is 0 Å². The van der Waals surface area contributed by atoms with E-state index in [4.69, 9.17) is 0 Å². The Hall–Kier alpha value is -1.44. The second kappa shape index (κ2) is 7.82. The highest BCUT2D eigenvalue weighted by molar-refractivity contribution is 5.77. The summed E-state index contributed by atoms with van der Waals surface area (Å²) < 4.78 is 0. The van der Waals surface area contributed by atoms with Crippen LogP contribution in [-0.2, 0) is 9.59 Å². The molecule has 5 aliphatic carbocycles. The SMILES string of the molecule is C[C@@H]1CC[C@]2(C(=O)O)CC[C@]3(C)C(=CC[C@@H]4[C@@]5(C)C[C@@H](O)[C@H](O)[C@](C)(C(=O)O)[C@@H]5CC[C@]43C)[C@@H]2[C@]1(C)O. The van der Waals surface area contributed by atoms with Crippen LogP contribution in [0, 0.1) is 50.7 Å². The van der Waals surface area contributed by atoms with Crippen molar-refractivity contribution in [2.75, 3.05) is 0 Å². The molecule has 0 spiro atoms. The van der Waals surface area contributed by atoms with Crippen LogP contribution in [0.3, 0.4) is 0 Å². The molecule has 0 radical (unpaired) electrons. The molecule has 0 unspecified atom stereocenters. The zero-order valence-electron chi connectivity index (χ0n) is 23.3. The van der Waals surface area contributed by atoms with Gasteiger partial charge >= 0.3 is 11.9 Å². The standard InChI is InChI=1S/C30H46O7/c1-16-9-12-30(24(35)36)14-13-26(3)17(21(30)29(16,6)37)7-8-19-25(2)15-18(31)22(32)28(5,23(33)34)20(25)10-11-27(19,26)4/h7,16,18-22,31-32,37H,8-15H2,1-6H3,(H,33,34)(H,35,36)/t16-,18-,19-,20-,21-,22+,25-,26-,27-,28-,29-,30+/m1/s1. The topological polar surface area (TPSA) is 135 Å². The highest BCUT2D eigenvalue weighted by atomic mass is 16.4. The summed E-state index contributed by atoms with van der Waals surface area (Å²) in [5.41, 5.74) is -3.59. The first-order valence-corrected chi connectivity index (χ1v) is 14.2. The lowest BCUT2D eigenvalue weighted by Crippen LogP contribution is -2.70. The van der Waals surface area contributed by atoms with Crippen molar-refractivity contribution >= 4 is 11.9 Å². The molecule has 4 saturated carbocycles. The molecular formula is C30H46O7. The van der Waals surface area contributed by atoms with Gasteiger partial charge in [0.2, 0.25) is 0 Å². The molecule has 5 aliphatic rings. The van der Waals surface area contributed by atoms with E-state index < -0.39 is 51.9 Å². The van der Waals surface area contributed by atoms with Gasteiger partial charge in [-0.05, 0) is 99.2 Å². The third-order valence-corrected chi connectivity index (χ3v) is 13.6. The van der Waals surface area contributed by atoms with Gasteiger partial charge in [-0.15, -0.1) is 0 Å². The van der Waals surface area contributed by atoms with Crippen LogP contribution in [0.2, 0.25) is 0 Å². The van der Waals surface area contributed by atoms with Gasteiger partial charge < -0.3 is 25.5 Å². The number of carbonyl (C=O) groups is 2. The monoisotopic (exact) mass is 518 g/mol. The Morgan fingerprint density at radius 2 is 1.54 bits per heavy atom. The molecular weight excluding hydrogens is 472 g/mol. The molecule has 0 bridgehead atoms. The van der Waals surface area contributed by atoms with Crippen LogP contribution < -0.4 is 0 Å². The number of hydrogen-bond donors (Lipinski definition) is 5. The van der Waals surface area contributed by atoms with Crippen molar-refractivity contribution in [1.29, 1.82) is 0 Å². The summed E-state index contributed by atoms with van der Waals surface area (Å²) in [4.78, 5) is 25.4. The van der Waals surface area contributed by atoms with Crippen LogP contribution in [0.5, 0.6) is 0 Å². The van der Waals surface area contributed by atoms with Crippen molar-refractivity contribution in [3.05, 3.63) is 11.6 Å². The summed E-state index contributed by atoms with van der Waals surface area (Å²) in [7, 11) is 0. The van der Waals surface area contributed by atoms with E-state index in [1.54, 1.807) is 6.92 Å². The van der Waals surface area contributed by atoms with E-state index in [0.29, 0.717) is 44.9 Å². The molecule has 0 aromatic carbocycles. The number of hydrogen-bond acceptors (Lipinski definition) is 5. The second-order valence-corrected chi connectivity index (χ2v) is 14.7. The first-order chi connectivity index (χ1) is 16.9. The molecule has 5 rings (SSSR count). The Labute approximate surface area is 220 Å². The number of aliphatic hydroxyl groups excluding tert-OH is 2. The molecule has 7 heteroatoms. The molecule has 5 N–H and O–H groups in total. The average Bonchev–Trinajstić information content (AvgIpc) is 2.80. The Morgan fingerprint density at radius 1 is 0.892 bits per heavy atom. The number of aliphatic carboxylic acids is 2. The van der Waals surface area contributed by atoms with Crippen molar-refractivity contribution in [1.82, 2.24) is 0 Å². The third kappa shape index (κ3) is 3.00. The summed E-state index contributed by atoms with van der Waals surface area (Å²) >= 11 is 0. The fourth-order valence-electron chi connectivity index (χ4n) is 10.9. The van der Waals surface area contributed by atoms with Crippen LogP contribution >= 0.6 is 0 Å². The van der Waals surface area contributed by atoms with E-state index >= 15 is 0 Å².